The predicted molar refractivity (Wildman–Crippen MR) is 63.3 cm³/mol. The molecule has 0 spiro atoms. The lowest BCUT2D eigenvalue weighted by Gasteiger charge is -2.07. The molecule has 82 valence electrons. The lowest BCUT2D eigenvalue weighted by atomic mass is 10.3. The Hall–Kier alpha value is -1.81. The van der Waals surface area contributed by atoms with E-state index in [1.54, 1.807) is 30.3 Å². The maximum absolute atomic E-state index is 13.5. The number of nitrogens with two attached hydrogens (primary N) is 1. The van der Waals surface area contributed by atoms with E-state index in [0.717, 1.165) is 0 Å². The van der Waals surface area contributed by atoms with Gasteiger partial charge in [0.15, 0.2) is 5.82 Å². The highest BCUT2D eigenvalue weighted by Crippen LogP contribution is 2.24. The monoisotopic (exact) mass is 237 g/mol. The third-order valence-electron chi connectivity index (χ3n) is 1.98. The normalized spacial score (nSPS) is 10.1. The van der Waals surface area contributed by atoms with Crippen molar-refractivity contribution in [2.45, 2.75) is 0 Å². The summed E-state index contributed by atoms with van der Waals surface area (Å²) in [5.74, 6) is 0.335. The summed E-state index contributed by atoms with van der Waals surface area (Å²) >= 11 is 5.65. The Morgan fingerprint density at radius 2 is 1.94 bits per heavy atom. The smallest absolute Gasteiger partial charge is 0.165 e. The second-order valence-corrected chi connectivity index (χ2v) is 3.58. The highest BCUT2D eigenvalue weighted by Gasteiger charge is 2.06. The maximum atomic E-state index is 13.5. The molecule has 3 nitrogen and oxygen atoms in total. The summed E-state index contributed by atoms with van der Waals surface area (Å²) in [7, 11) is 0. The number of aromatic nitrogens is 1. The summed E-state index contributed by atoms with van der Waals surface area (Å²) in [5.41, 5.74) is 5.78. The zero-order valence-corrected chi connectivity index (χ0v) is 9.00. The van der Waals surface area contributed by atoms with Gasteiger partial charge in [0.2, 0.25) is 0 Å². The molecule has 0 atom stereocenters. The molecule has 3 N–H and O–H groups in total. The molecule has 1 aromatic carbocycles. The van der Waals surface area contributed by atoms with Crippen LogP contribution in [0.5, 0.6) is 0 Å². The average Bonchev–Trinajstić information content (AvgIpc) is 2.25. The van der Waals surface area contributed by atoms with Crippen LogP contribution in [0.2, 0.25) is 5.02 Å². The van der Waals surface area contributed by atoms with Crippen molar-refractivity contribution in [1.82, 2.24) is 4.98 Å². The summed E-state index contributed by atoms with van der Waals surface area (Å²) in [5, 5.41) is 2.87. The standard InChI is InChI=1S/C11H9ClFN3/c12-7-3-1-4-8(11(7)13)15-10-6-2-5-9(14)16-10/h1-6H,(H3,14,15,16). The van der Waals surface area contributed by atoms with Crippen molar-refractivity contribution in [3.63, 3.8) is 0 Å². The van der Waals surface area contributed by atoms with Crippen LogP contribution in [-0.4, -0.2) is 4.98 Å². The van der Waals surface area contributed by atoms with Crippen LogP contribution in [0, 0.1) is 5.82 Å². The van der Waals surface area contributed by atoms with Gasteiger partial charge in [0.25, 0.3) is 0 Å². The molecule has 0 aliphatic heterocycles. The number of halogens is 2. The molecule has 0 fully saturated rings. The maximum Gasteiger partial charge on any atom is 0.165 e. The van der Waals surface area contributed by atoms with Crippen molar-refractivity contribution in [3.8, 4) is 0 Å². The zero-order chi connectivity index (χ0) is 11.5. The summed E-state index contributed by atoms with van der Waals surface area (Å²) in [6, 6.07) is 9.78. The zero-order valence-electron chi connectivity index (χ0n) is 8.24. The van der Waals surface area contributed by atoms with Gasteiger partial charge in [0.05, 0.1) is 10.7 Å². The molecule has 0 saturated carbocycles. The molecule has 0 aliphatic rings. The van der Waals surface area contributed by atoms with Crippen LogP contribution in [0.15, 0.2) is 36.4 Å². The Bertz CT molecular complexity index is 516. The van der Waals surface area contributed by atoms with Crippen molar-refractivity contribution in [2.24, 2.45) is 0 Å². The summed E-state index contributed by atoms with van der Waals surface area (Å²) in [6.07, 6.45) is 0. The molecule has 1 aromatic heterocycles. The fourth-order valence-electron chi connectivity index (χ4n) is 1.26. The lowest BCUT2D eigenvalue weighted by molar-refractivity contribution is 0.632. The van der Waals surface area contributed by atoms with Gasteiger partial charge in [0.1, 0.15) is 11.6 Å². The van der Waals surface area contributed by atoms with Gasteiger partial charge in [-0.15, -0.1) is 0 Å². The van der Waals surface area contributed by atoms with Crippen molar-refractivity contribution >= 4 is 28.9 Å². The molecule has 1 heterocycles. The van der Waals surface area contributed by atoms with E-state index in [0.29, 0.717) is 11.6 Å². The van der Waals surface area contributed by atoms with Crippen molar-refractivity contribution < 1.29 is 4.39 Å². The fourth-order valence-corrected chi connectivity index (χ4v) is 1.43. The molecule has 0 saturated heterocycles. The van der Waals surface area contributed by atoms with E-state index in [2.05, 4.69) is 10.3 Å². The number of pyridine rings is 1. The number of hydrogen-bond donors (Lipinski definition) is 2. The number of benzene rings is 1. The number of nitrogen functional groups attached to an aromatic ring is 1. The number of rotatable bonds is 2. The molecule has 5 heteroatoms. The summed E-state index contributed by atoms with van der Waals surface area (Å²) in [6.45, 7) is 0. The third kappa shape index (κ3) is 2.23. The second-order valence-electron chi connectivity index (χ2n) is 3.17. The highest BCUT2D eigenvalue weighted by molar-refractivity contribution is 6.31. The Morgan fingerprint density at radius 1 is 1.19 bits per heavy atom. The Morgan fingerprint density at radius 3 is 2.69 bits per heavy atom. The Balaban J connectivity index is 2.31. The minimum Gasteiger partial charge on any atom is -0.384 e. The van der Waals surface area contributed by atoms with Gasteiger partial charge in [-0.05, 0) is 24.3 Å². The van der Waals surface area contributed by atoms with Gasteiger partial charge in [-0.25, -0.2) is 9.37 Å². The first-order chi connectivity index (χ1) is 7.66. The van der Waals surface area contributed by atoms with Gasteiger partial charge in [-0.1, -0.05) is 23.7 Å². The van der Waals surface area contributed by atoms with E-state index in [1.807, 2.05) is 0 Å². The summed E-state index contributed by atoms with van der Waals surface area (Å²) < 4.78 is 13.5. The van der Waals surface area contributed by atoms with E-state index < -0.39 is 5.82 Å². The molecule has 0 amide bonds. The van der Waals surface area contributed by atoms with Crippen LogP contribution in [0.1, 0.15) is 0 Å². The molecular formula is C11H9ClFN3. The highest BCUT2D eigenvalue weighted by atomic mass is 35.5. The molecule has 16 heavy (non-hydrogen) atoms. The number of anilines is 3. The average molecular weight is 238 g/mol. The van der Waals surface area contributed by atoms with E-state index >= 15 is 0 Å². The summed E-state index contributed by atoms with van der Waals surface area (Å²) in [4.78, 5) is 4.00. The second kappa shape index (κ2) is 4.37. The molecule has 2 aromatic rings. The van der Waals surface area contributed by atoms with Gasteiger partial charge >= 0.3 is 0 Å². The van der Waals surface area contributed by atoms with Crippen molar-refractivity contribution in [2.75, 3.05) is 11.1 Å². The van der Waals surface area contributed by atoms with Crippen LogP contribution in [0.3, 0.4) is 0 Å². The molecule has 0 aliphatic carbocycles. The van der Waals surface area contributed by atoms with Gasteiger partial charge < -0.3 is 11.1 Å². The van der Waals surface area contributed by atoms with E-state index in [4.69, 9.17) is 17.3 Å². The van der Waals surface area contributed by atoms with E-state index in [1.165, 1.54) is 6.07 Å². The van der Waals surface area contributed by atoms with Gasteiger partial charge in [-0.3, -0.25) is 0 Å². The topological polar surface area (TPSA) is 50.9 Å². The van der Waals surface area contributed by atoms with Crippen molar-refractivity contribution in [3.05, 3.63) is 47.2 Å². The van der Waals surface area contributed by atoms with Gasteiger partial charge in [-0.2, -0.15) is 0 Å². The van der Waals surface area contributed by atoms with Crippen molar-refractivity contribution in [1.29, 1.82) is 0 Å². The van der Waals surface area contributed by atoms with Crippen LogP contribution in [0.4, 0.5) is 21.7 Å². The largest absolute Gasteiger partial charge is 0.384 e. The van der Waals surface area contributed by atoms with E-state index in [9.17, 15) is 4.39 Å². The quantitative estimate of drug-likeness (QED) is 0.843. The molecule has 2 rings (SSSR count). The minimum absolute atomic E-state index is 0.0638. The molecular weight excluding hydrogens is 229 g/mol. The molecule has 0 unspecified atom stereocenters. The SMILES string of the molecule is Nc1cccc(Nc2cccc(Cl)c2F)n1. The molecule has 0 radical (unpaired) electrons. The van der Waals surface area contributed by atoms with Gasteiger partial charge in [0, 0.05) is 0 Å². The number of nitrogens with one attached hydrogen (secondary N) is 1. The third-order valence-corrected chi connectivity index (χ3v) is 2.28. The lowest BCUT2D eigenvalue weighted by Crippen LogP contribution is -1.98. The first kappa shape index (κ1) is 10.7. The Kier molecular flexibility index (Phi) is 2.92. The van der Waals surface area contributed by atoms with Crippen LogP contribution >= 0.6 is 11.6 Å². The number of nitrogens with zero attached hydrogens (tertiary/aromatic N) is 1. The number of hydrogen-bond acceptors (Lipinski definition) is 3. The fraction of sp³-hybridized carbons (Fsp3) is 0. The van der Waals surface area contributed by atoms with E-state index in [-0.39, 0.29) is 10.7 Å². The molecule has 0 bridgehead atoms. The van der Waals surface area contributed by atoms with Crippen LogP contribution in [-0.2, 0) is 0 Å². The Labute approximate surface area is 97.1 Å². The first-order valence-corrected chi connectivity index (χ1v) is 4.98. The van der Waals surface area contributed by atoms with Crippen LogP contribution in [0.25, 0.3) is 0 Å². The predicted octanol–water partition coefficient (Wildman–Crippen LogP) is 3.20. The van der Waals surface area contributed by atoms with Crippen LogP contribution < -0.4 is 11.1 Å². The minimum atomic E-state index is -0.506. The first-order valence-electron chi connectivity index (χ1n) is 4.60.